The maximum atomic E-state index is 12.4. The number of carbonyl (C=O) groups excluding carboxylic acids is 2. The molecule has 1 N–H and O–H groups in total. The Labute approximate surface area is 157 Å². The molecule has 6 rings (SSSR count). The van der Waals surface area contributed by atoms with E-state index in [9.17, 15) is 9.59 Å². The van der Waals surface area contributed by atoms with Crippen LogP contribution in [-0.2, 0) is 9.59 Å². The van der Waals surface area contributed by atoms with Crippen molar-refractivity contribution in [1.29, 1.82) is 0 Å². The normalized spacial score (nSPS) is 21.6. The van der Waals surface area contributed by atoms with E-state index in [1.54, 1.807) is 6.20 Å². The molecule has 27 heavy (non-hydrogen) atoms. The topological polar surface area (TPSA) is 64.4 Å². The maximum Gasteiger partial charge on any atom is 0.227 e. The SMILES string of the molecule is C1=Cc2ccccc2ON1.O=C1C=C(N2CC2)C(=O)C(N2CC2)=C1N1CC1. The Morgan fingerprint density at radius 2 is 1.52 bits per heavy atom. The first kappa shape index (κ1) is 16.0. The largest absolute Gasteiger partial charge is 0.382 e. The van der Waals surface area contributed by atoms with E-state index in [4.69, 9.17) is 4.84 Å². The molecule has 7 heteroatoms. The highest BCUT2D eigenvalue weighted by Crippen LogP contribution is 2.33. The van der Waals surface area contributed by atoms with Crippen molar-refractivity contribution in [3.63, 3.8) is 0 Å². The van der Waals surface area contributed by atoms with Crippen LogP contribution < -0.4 is 10.3 Å². The van der Waals surface area contributed by atoms with Crippen LogP contribution in [0.2, 0.25) is 0 Å². The van der Waals surface area contributed by atoms with Crippen LogP contribution in [0.25, 0.3) is 6.08 Å². The zero-order chi connectivity index (χ0) is 18.4. The predicted molar refractivity (Wildman–Crippen MR) is 99.1 cm³/mol. The van der Waals surface area contributed by atoms with Gasteiger partial charge in [0.1, 0.15) is 11.4 Å². The predicted octanol–water partition coefficient (Wildman–Crippen LogP) is 0.735. The lowest BCUT2D eigenvalue weighted by Gasteiger charge is -2.21. The standard InChI is InChI=1S/C12H13N3O2.C8H7NO/c16-9-7-8(13-1-2-13)12(17)11(15-5-6-15)10(9)14-3-4-14;1-2-4-8-7(3-1)5-6-9-10-8/h7H,1-6H2;1-6,9H. The molecule has 0 spiro atoms. The summed E-state index contributed by atoms with van der Waals surface area (Å²) < 4.78 is 0. The van der Waals surface area contributed by atoms with Crippen LogP contribution in [0.1, 0.15) is 5.56 Å². The van der Waals surface area contributed by atoms with Gasteiger partial charge in [-0.3, -0.25) is 9.59 Å². The van der Waals surface area contributed by atoms with Crippen LogP contribution in [-0.4, -0.2) is 65.5 Å². The number of hydrogen-bond acceptors (Lipinski definition) is 7. The molecule has 1 aromatic rings. The molecular weight excluding hydrogens is 344 g/mol. The lowest BCUT2D eigenvalue weighted by Crippen LogP contribution is -2.29. The van der Waals surface area contributed by atoms with Crippen molar-refractivity contribution in [2.45, 2.75) is 0 Å². The average molecular weight is 364 g/mol. The molecule has 3 fully saturated rings. The highest BCUT2D eigenvalue weighted by Gasteiger charge is 2.43. The first-order chi connectivity index (χ1) is 13.2. The molecule has 3 saturated heterocycles. The minimum Gasteiger partial charge on any atom is -0.382 e. The molecule has 1 aliphatic carbocycles. The highest BCUT2D eigenvalue weighted by atomic mass is 16.6. The lowest BCUT2D eigenvalue weighted by atomic mass is 10.0. The van der Waals surface area contributed by atoms with E-state index < -0.39 is 0 Å². The van der Waals surface area contributed by atoms with Crippen LogP contribution in [0.3, 0.4) is 0 Å². The number of nitrogens with one attached hydrogen (secondary N) is 1. The number of carbonyl (C=O) groups is 2. The fraction of sp³-hybridized carbons (Fsp3) is 0.300. The van der Waals surface area contributed by atoms with Crippen molar-refractivity contribution >= 4 is 17.6 Å². The van der Waals surface area contributed by atoms with Gasteiger partial charge in [-0.05, 0) is 12.1 Å². The van der Waals surface area contributed by atoms with E-state index in [0.717, 1.165) is 50.6 Å². The van der Waals surface area contributed by atoms with Gasteiger partial charge in [0.05, 0.1) is 5.70 Å². The number of rotatable bonds is 3. The highest BCUT2D eigenvalue weighted by molar-refractivity contribution is 6.22. The maximum absolute atomic E-state index is 12.4. The van der Waals surface area contributed by atoms with Crippen LogP contribution >= 0.6 is 0 Å². The van der Waals surface area contributed by atoms with E-state index in [1.807, 2.05) is 45.0 Å². The van der Waals surface area contributed by atoms with E-state index in [2.05, 4.69) is 5.48 Å². The molecule has 1 aromatic carbocycles. The number of ketones is 2. The van der Waals surface area contributed by atoms with Crippen molar-refractivity contribution in [3.8, 4) is 5.75 Å². The third-order valence-electron chi connectivity index (χ3n) is 4.91. The molecule has 138 valence electrons. The van der Waals surface area contributed by atoms with Gasteiger partial charge in [0, 0.05) is 57.1 Å². The molecule has 0 aromatic heterocycles. The van der Waals surface area contributed by atoms with E-state index in [-0.39, 0.29) is 11.6 Å². The minimum atomic E-state index is 0.00546. The van der Waals surface area contributed by atoms with Gasteiger partial charge in [0.15, 0.2) is 5.75 Å². The molecule has 0 radical (unpaired) electrons. The summed E-state index contributed by atoms with van der Waals surface area (Å²) in [6.45, 7) is 5.41. The monoisotopic (exact) mass is 364 g/mol. The summed E-state index contributed by atoms with van der Waals surface area (Å²) in [6, 6.07) is 7.86. The zero-order valence-corrected chi connectivity index (χ0v) is 14.9. The van der Waals surface area contributed by atoms with Crippen molar-refractivity contribution in [3.05, 3.63) is 59.2 Å². The van der Waals surface area contributed by atoms with Gasteiger partial charge < -0.3 is 19.5 Å². The van der Waals surface area contributed by atoms with Crippen LogP contribution in [0.5, 0.6) is 5.75 Å². The quantitative estimate of drug-likeness (QED) is 0.627. The Morgan fingerprint density at radius 3 is 2.19 bits per heavy atom. The number of hydroxylamine groups is 1. The molecule has 7 nitrogen and oxygen atoms in total. The smallest absolute Gasteiger partial charge is 0.227 e. The number of nitrogens with zero attached hydrogens (tertiary/aromatic N) is 3. The third kappa shape index (κ3) is 3.16. The molecule has 0 atom stereocenters. The summed E-state index contributed by atoms with van der Waals surface area (Å²) in [6.07, 6.45) is 5.26. The van der Waals surface area contributed by atoms with Crippen molar-refractivity contribution in [1.82, 2.24) is 20.2 Å². The van der Waals surface area contributed by atoms with Gasteiger partial charge in [-0.15, -0.1) is 0 Å². The number of hydrogen-bond donors (Lipinski definition) is 1. The van der Waals surface area contributed by atoms with Crippen LogP contribution in [0.15, 0.2) is 53.6 Å². The van der Waals surface area contributed by atoms with Gasteiger partial charge in [-0.2, -0.15) is 0 Å². The van der Waals surface area contributed by atoms with Crippen LogP contribution in [0, 0.1) is 0 Å². The Kier molecular flexibility index (Phi) is 3.67. The first-order valence-electron chi connectivity index (χ1n) is 9.20. The molecule has 5 aliphatic rings. The van der Waals surface area contributed by atoms with Gasteiger partial charge >= 0.3 is 0 Å². The number of fused-ring (bicyclic) bond motifs is 1. The summed E-state index contributed by atoms with van der Waals surface area (Å²) in [4.78, 5) is 35.6. The molecular formula is C20H20N4O3. The second kappa shape index (κ2) is 6.19. The fourth-order valence-electron chi connectivity index (χ4n) is 3.21. The van der Waals surface area contributed by atoms with Gasteiger partial charge in [-0.25, -0.2) is 5.48 Å². The second-order valence-electron chi connectivity index (χ2n) is 6.97. The summed E-state index contributed by atoms with van der Waals surface area (Å²) in [7, 11) is 0. The lowest BCUT2D eigenvalue weighted by molar-refractivity contribution is -0.117. The third-order valence-corrected chi connectivity index (χ3v) is 4.91. The average Bonchev–Trinajstić information content (AvgIpc) is 3.56. The zero-order valence-electron chi connectivity index (χ0n) is 14.9. The van der Waals surface area contributed by atoms with Gasteiger partial charge in [0.2, 0.25) is 11.6 Å². The number of allylic oxidation sites excluding steroid dienone is 1. The van der Waals surface area contributed by atoms with Crippen LogP contribution in [0.4, 0.5) is 0 Å². The van der Waals surface area contributed by atoms with E-state index >= 15 is 0 Å². The molecule has 0 bridgehead atoms. The summed E-state index contributed by atoms with van der Waals surface area (Å²) in [5, 5.41) is 0. The van der Waals surface area contributed by atoms with Crippen molar-refractivity contribution in [2.75, 3.05) is 39.3 Å². The fourth-order valence-corrected chi connectivity index (χ4v) is 3.21. The Hall–Kier alpha value is -3.22. The second-order valence-corrected chi connectivity index (χ2v) is 6.97. The summed E-state index contributed by atoms with van der Waals surface area (Å²) >= 11 is 0. The van der Waals surface area contributed by atoms with E-state index in [0.29, 0.717) is 17.1 Å². The minimum absolute atomic E-state index is 0.00546. The number of Topliss-reactive ketones (excluding diaryl/α,β-unsaturated/α-hetero) is 1. The molecule has 4 aliphatic heterocycles. The number of benzene rings is 1. The Morgan fingerprint density at radius 1 is 0.852 bits per heavy atom. The molecule has 0 amide bonds. The summed E-state index contributed by atoms with van der Waals surface area (Å²) in [5.74, 6) is 0.928. The Balaban J connectivity index is 0.000000137. The molecule has 0 unspecified atom stereocenters. The van der Waals surface area contributed by atoms with E-state index in [1.165, 1.54) is 6.08 Å². The number of para-hydroxylation sites is 1. The molecule has 0 saturated carbocycles. The molecule has 4 heterocycles. The Bertz CT molecular complexity index is 906. The van der Waals surface area contributed by atoms with Crippen molar-refractivity contribution in [2.24, 2.45) is 0 Å². The van der Waals surface area contributed by atoms with Gasteiger partial charge in [-0.1, -0.05) is 18.2 Å². The van der Waals surface area contributed by atoms with Gasteiger partial charge in [0.25, 0.3) is 0 Å². The summed E-state index contributed by atoms with van der Waals surface area (Å²) in [5.41, 5.74) is 5.66. The first-order valence-corrected chi connectivity index (χ1v) is 9.20. The van der Waals surface area contributed by atoms with Crippen molar-refractivity contribution < 1.29 is 14.4 Å².